The van der Waals surface area contributed by atoms with E-state index in [9.17, 15) is 4.79 Å². The Bertz CT molecular complexity index is 1230. The third kappa shape index (κ3) is 4.49. The van der Waals surface area contributed by atoms with Gasteiger partial charge in [-0.2, -0.15) is 0 Å². The second-order valence-electron chi connectivity index (χ2n) is 7.28. The summed E-state index contributed by atoms with van der Waals surface area (Å²) in [6.07, 6.45) is 0.742. The number of aryl methyl sites for hydroxylation is 2. The number of nitrogens with zero attached hydrogens (tertiary/aromatic N) is 4. The van der Waals surface area contributed by atoms with E-state index in [1.165, 1.54) is 11.3 Å². The monoisotopic (exact) mass is 433 g/mol. The van der Waals surface area contributed by atoms with Crippen LogP contribution in [0.2, 0.25) is 0 Å². The summed E-state index contributed by atoms with van der Waals surface area (Å²) in [5.74, 6) is 0.507. The molecular formula is C23H23N5O2S. The molecule has 0 saturated carbocycles. The van der Waals surface area contributed by atoms with E-state index < -0.39 is 0 Å². The molecule has 31 heavy (non-hydrogen) atoms. The zero-order valence-electron chi connectivity index (χ0n) is 17.8. The number of methoxy groups -OCH3 is 1. The van der Waals surface area contributed by atoms with Crippen molar-refractivity contribution in [2.24, 2.45) is 0 Å². The van der Waals surface area contributed by atoms with Crippen LogP contribution in [0.1, 0.15) is 37.9 Å². The Labute approximate surface area is 184 Å². The van der Waals surface area contributed by atoms with Gasteiger partial charge in [-0.1, -0.05) is 29.5 Å². The number of hydrogen-bond acceptors (Lipinski definition) is 6. The number of ether oxygens (including phenoxy) is 1. The van der Waals surface area contributed by atoms with E-state index in [2.05, 4.69) is 20.6 Å². The molecule has 0 bridgehead atoms. The number of benzene rings is 2. The van der Waals surface area contributed by atoms with Crippen molar-refractivity contribution >= 4 is 22.4 Å². The first-order valence-electron chi connectivity index (χ1n) is 9.84. The molecule has 2 heterocycles. The van der Waals surface area contributed by atoms with Crippen LogP contribution in [0.3, 0.4) is 0 Å². The molecule has 2 aromatic carbocycles. The second kappa shape index (κ2) is 8.69. The standard InChI is InChI=1S/C23H23N5O2S/c1-14-6-5-7-18(12-14)28-16(3)21(26-27-28)22(29)25-23-24-15(2)20(31-23)13-17-8-10-19(30-4)11-9-17/h5-12H,13H2,1-4H3,(H,24,25,29). The molecule has 0 unspecified atom stereocenters. The smallest absolute Gasteiger partial charge is 0.279 e. The van der Waals surface area contributed by atoms with Crippen LogP contribution in [0.5, 0.6) is 5.75 Å². The van der Waals surface area contributed by atoms with Crippen molar-refractivity contribution in [3.63, 3.8) is 0 Å². The fraction of sp³-hybridized carbons (Fsp3) is 0.217. The van der Waals surface area contributed by atoms with Gasteiger partial charge in [0, 0.05) is 11.3 Å². The Morgan fingerprint density at radius 3 is 2.61 bits per heavy atom. The molecule has 0 aliphatic heterocycles. The molecule has 0 spiro atoms. The first-order chi connectivity index (χ1) is 14.9. The van der Waals surface area contributed by atoms with Gasteiger partial charge in [0.1, 0.15) is 5.75 Å². The van der Waals surface area contributed by atoms with E-state index >= 15 is 0 Å². The Morgan fingerprint density at radius 1 is 1.13 bits per heavy atom. The summed E-state index contributed by atoms with van der Waals surface area (Å²) in [7, 11) is 1.65. The fourth-order valence-electron chi connectivity index (χ4n) is 3.27. The van der Waals surface area contributed by atoms with Crippen molar-refractivity contribution in [2.75, 3.05) is 12.4 Å². The molecule has 4 rings (SSSR count). The van der Waals surface area contributed by atoms with E-state index in [4.69, 9.17) is 4.74 Å². The lowest BCUT2D eigenvalue weighted by Gasteiger charge is -2.04. The maximum absolute atomic E-state index is 12.8. The number of aromatic nitrogens is 4. The molecule has 0 aliphatic carbocycles. The minimum absolute atomic E-state index is 0.283. The highest BCUT2D eigenvalue weighted by molar-refractivity contribution is 7.15. The van der Waals surface area contributed by atoms with Gasteiger partial charge in [-0.05, 0) is 56.2 Å². The van der Waals surface area contributed by atoms with Crippen molar-refractivity contribution in [1.82, 2.24) is 20.0 Å². The van der Waals surface area contributed by atoms with Gasteiger partial charge in [-0.3, -0.25) is 10.1 Å². The minimum Gasteiger partial charge on any atom is -0.497 e. The highest BCUT2D eigenvalue weighted by Crippen LogP contribution is 2.26. The molecule has 1 N–H and O–H groups in total. The molecule has 0 aliphatic rings. The van der Waals surface area contributed by atoms with E-state index in [1.54, 1.807) is 11.8 Å². The first kappa shape index (κ1) is 20.7. The molecule has 0 saturated heterocycles. The van der Waals surface area contributed by atoms with Crippen molar-refractivity contribution in [2.45, 2.75) is 27.2 Å². The van der Waals surface area contributed by atoms with Gasteiger partial charge in [0.2, 0.25) is 0 Å². The summed E-state index contributed by atoms with van der Waals surface area (Å²) in [5.41, 5.74) is 5.00. The molecule has 158 valence electrons. The molecule has 0 radical (unpaired) electrons. The fourth-order valence-corrected chi connectivity index (χ4v) is 4.27. The zero-order valence-corrected chi connectivity index (χ0v) is 18.7. The van der Waals surface area contributed by atoms with Crippen LogP contribution >= 0.6 is 11.3 Å². The Morgan fingerprint density at radius 2 is 1.90 bits per heavy atom. The summed E-state index contributed by atoms with van der Waals surface area (Å²) >= 11 is 1.47. The van der Waals surface area contributed by atoms with E-state index in [0.717, 1.165) is 39.6 Å². The zero-order chi connectivity index (χ0) is 22.0. The Kier molecular flexibility index (Phi) is 5.81. The quantitative estimate of drug-likeness (QED) is 0.484. The summed E-state index contributed by atoms with van der Waals surface area (Å²) in [6, 6.07) is 15.8. The molecule has 8 heteroatoms. The first-order valence-corrected chi connectivity index (χ1v) is 10.7. The molecule has 2 aromatic heterocycles. The van der Waals surface area contributed by atoms with Gasteiger partial charge in [0.25, 0.3) is 5.91 Å². The van der Waals surface area contributed by atoms with Gasteiger partial charge in [0.15, 0.2) is 10.8 Å². The molecular weight excluding hydrogens is 410 g/mol. The number of anilines is 1. The van der Waals surface area contributed by atoms with Crippen molar-refractivity contribution < 1.29 is 9.53 Å². The summed E-state index contributed by atoms with van der Waals surface area (Å²) in [4.78, 5) is 18.4. The topological polar surface area (TPSA) is 81.9 Å². The SMILES string of the molecule is COc1ccc(Cc2sc(NC(=O)c3nnn(-c4cccc(C)c4)c3C)nc2C)cc1. The predicted octanol–water partition coefficient (Wildman–Crippen LogP) is 4.50. The molecule has 4 aromatic rings. The highest BCUT2D eigenvalue weighted by Gasteiger charge is 2.19. The van der Waals surface area contributed by atoms with Crippen LogP contribution in [0.15, 0.2) is 48.5 Å². The largest absolute Gasteiger partial charge is 0.497 e. The van der Waals surface area contributed by atoms with Gasteiger partial charge in [-0.25, -0.2) is 9.67 Å². The average Bonchev–Trinajstić information content (AvgIpc) is 3.30. The highest BCUT2D eigenvalue weighted by atomic mass is 32.1. The Hall–Kier alpha value is -3.52. The van der Waals surface area contributed by atoms with Crippen LogP contribution in [0.25, 0.3) is 5.69 Å². The van der Waals surface area contributed by atoms with Crippen molar-refractivity contribution in [1.29, 1.82) is 0 Å². The lowest BCUT2D eigenvalue weighted by atomic mass is 10.1. The maximum atomic E-state index is 12.8. The van der Waals surface area contributed by atoms with Crippen LogP contribution < -0.4 is 10.1 Å². The third-order valence-electron chi connectivity index (χ3n) is 4.99. The van der Waals surface area contributed by atoms with E-state index in [-0.39, 0.29) is 11.6 Å². The molecule has 0 atom stereocenters. The van der Waals surface area contributed by atoms with Crippen molar-refractivity contribution in [3.05, 3.63) is 81.6 Å². The number of nitrogens with one attached hydrogen (secondary N) is 1. The van der Waals surface area contributed by atoms with Crippen LogP contribution in [0.4, 0.5) is 5.13 Å². The average molecular weight is 434 g/mol. The summed E-state index contributed by atoms with van der Waals surface area (Å²) < 4.78 is 6.88. The van der Waals surface area contributed by atoms with E-state index in [1.807, 2.05) is 69.3 Å². The minimum atomic E-state index is -0.318. The van der Waals surface area contributed by atoms with Crippen LogP contribution in [0, 0.1) is 20.8 Å². The van der Waals surface area contributed by atoms with E-state index in [0.29, 0.717) is 10.8 Å². The number of hydrogen-bond donors (Lipinski definition) is 1. The molecule has 1 amide bonds. The van der Waals surface area contributed by atoms with Crippen LogP contribution in [-0.4, -0.2) is 33.0 Å². The second-order valence-corrected chi connectivity index (χ2v) is 8.36. The summed E-state index contributed by atoms with van der Waals surface area (Å²) in [5, 5.41) is 11.7. The van der Waals surface area contributed by atoms with Crippen LogP contribution in [-0.2, 0) is 6.42 Å². The molecule has 7 nitrogen and oxygen atoms in total. The predicted molar refractivity (Wildman–Crippen MR) is 121 cm³/mol. The Balaban J connectivity index is 1.50. The van der Waals surface area contributed by atoms with Gasteiger partial charge in [0.05, 0.1) is 24.2 Å². The number of rotatable bonds is 6. The normalized spacial score (nSPS) is 10.8. The lowest BCUT2D eigenvalue weighted by molar-refractivity contribution is 0.102. The number of carbonyl (C=O) groups excluding carboxylic acids is 1. The third-order valence-corrected chi connectivity index (χ3v) is 6.07. The number of carbonyl (C=O) groups is 1. The summed E-state index contributed by atoms with van der Waals surface area (Å²) in [6.45, 7) is 5.79. The van der Waals surface area contributed by atoms with Gasteiger partial charge < -0.3 is 4.74 Å². The maximum Gasteiger partial charge on any atom is 0.279 e. The van der Waals surface area contributed by atoms with Gasteiger partial charge >= 0.3 is 0 Å². The van der Waals surface area contributed by atoms with Crippen molar-refractivity contribution in [3.8, 4) is 11.4 Å². The number of amides is 1. The lowest BCUT2D eigenvalue weighted by Crippen LogP contribution is -2.14. The van der Waals surface area contributed by atoms with Gasteiger partial charge in [-0.15, -0.1) is 16.4 Å². The molecule has 0 fully saturated rings. The number of thiazole rings is 1.